The average Bonchev–Trinajstić information content (AvgIpc) is 3.08. The van der Waals surface area contributed by atoms with Crippen LogP contribution in [0.4, 0.5) is 0 Å². The molecule has 0 aliphatic carbocycles. The first kappa shape index (κ1) is 15.9. The fraction of sp³-hybridized carbons (Fsp3) is 0.688. The van der Waals surface area contributed by atoms with Gasteiger partial charge in [0.15, 0.2) is 0 Å². The third-order valence-corrected chi connectivity index (χ3v) is 5.33. The van der Waals surface area contributed by atoms with E-state index in [0.29, 0.717) is 19.1 Å². The maximum Gasteiger partial charge on any atom is 0.239 e. The molecule has 2 aliphatic rings. The SMILES string of the molecule is O=C(NCC1CCN(Cc2cccs2)CC1)C1COCCN1. The molecule has 6 heteroatoms. The van der Waals surface area contributed by atoms with Gasteiger partial charge in [0.1, 0.15) is 6.04 Å². The number of carbonyl (C=O) groups excluding carboxylic acids is 1. The van der Waals surface area contributed by atoms with Crippen molar-refractivity contribution in [2.45, 2.75) is 25.4 Å². The second kappa shape index (κ2) is 8.06. The summed E-state index contributed by atoms with van der Waals surface area (Å²) in [5, 5.41) is 8.42. The first-order chi connectivity index (χ1) is 10.8. The minimum Gasteiger partial charge on any atom is -0.378 e. The van der Waals surface area contributed by atoms with Gasteiger partial charge in [0.25, 0.3) is 0 Å². The van der Waals surface area contributed by atoms with E-state index >= 15 is 0 Å². The van der Waals surface area contributed by atoms with Crippen LogP contribution in [-0.2, 0) is 16.1 Å². The standard InChI is InChI=1S/C16H25N3O2S/c20-16(15-12-21-8-5-17-15)18-10-13-3-6-19(7-4-13)11-14-2-1-9-22-14/h1-2,9,13,15,17H,3-8,10-12H2,(H,18,20). The zero-order valence-electron chi connectivity index (χ0n) is 12.9. The van der Waals surface area contributed by atoms with E-state index in [0.717, 1.165) is 32.7 Å². The van der Waals surface area contributed by atoms with Crippen LogP contribution in [0.25, 0.3) is 0 Å². The van der Waals surface area contributed by atoms with Gasteiger partial charge in [-0.1, -0.05) is 6.07 Å². The number of ether oxygens (including phenoxy) is 1. The molecule has 2 N–H and O–H groups in total. The average molecular weight is 323 g/mol. The van der Waals surface area contributed by atoms with Crippen molar-refractivity contribution in [2.75, 3.05) is 39.4 Å². The molecule has 2 fully saturated rings. The van der Waals surface area contributed by atoms with Gasteiger partial charge < -0.3 is 15.4 Å². The largest absolute Gasteiger partial charge is 0.378 e. The molecule has 2 aliphatic heterocycles. The van der Waals surface area contributed by atoms with Crippen LogP contribution in [0.15, 0.2) is 17.5 Å². The Bertz CT molecular complexity index is 452. The second-order valence-electron chi connectivity index (χ2n) is 6.13. The quantitative estimate of drug-likeness (QED) is 0.851. The van der Waals surface area contributed by atoms with E-state index in [1.807, 2.05) is 11.3 Å². The molecule has 1 unspecified atom stereocenters. The highest BCUT2D eigenvalue weighted by atomic mass is 32.1. The van der Waals surface area contributed by atoms with E-state index in [1.165, 1.54) is 17.7 Å². The Kier molecular flexibility index (Phi) is 5.83. The topological polar surface area (TPSA) is 53.6 Å². The Morgan fingerprint density at radius 3 is 3.00 bits per heavy atom. The fourth-order valence-corrected chi connectivity index (χ4v) is 3.82. The predicted molar refractivity (Wildman–Crippen MR) is 87.9 cm³/mol. The number of hydrogen-bond acceptors (Lipinski definition) is 5. The molecule has 0 aromatic carbocycles. The molecule has 122 valence electrons. The minimum absolute atomic E-state index is 0.0840. The first-order valence-electron chi connectivity index (χ1n) is 8.15. The van der Waals surface area contributed by atoms with Crippen molar-refractivity contribution < 1.29 is 9.53 Å². The maximum absolute atomic E-state index is 12.1. The van der Waals surface area contributed by atoms with Gasteiger partial charge in [0.2, 0.25) is 5.91 Å². The number of thiophene rings is 1. The first-order valence-corrected chi connectivity index (χ1v) is 9.03. The van der Waals surface area contributed by atoms with E-state index < -0.39 is 0 Å². The number of rotatable bonds is 5. The number of amides is 1. The van der Waals surface area contributed by atoms with Crippen LogP contribution in [-0.4, -0.2) is 56.2 Å². The van der Waals surface area contributed by atoms with Crippen LogP contribution in [0.3, 0.4) is 0 Å². The van der Waals surface area contributed by atoms with Crippen LogP contribution in [0.1, 0.15) is 17.7 Å². The van der Waals surface area contributed by atoms with Crippen LogP contribution >= 0.6 is 11.3 Å². The molecule has 22 heavy (non-hydrogen) atoms. The van der Waals surface area contributed by atoms with Crippen molar-refractivity contribution in [2.24, 2.45) is 5.92 Å². The highest BCUT2D eigenvalue weighted by molar-refractivity contribution is 7.09. The number of nitrogens with one attached hydrogen (secondary N) is 2. The molecule has 1 atom stereocenters. The van der Waals surface area contributed by atoms with Crippen LogP contribution < -0.4 is 10.6 Å². The molecular formula is C16H25N3O2S. The lowest BCUT2D eigenvalue weighted by molar-refractivity contribution is -0.126. The number of hydrogen-bond donors (Lipinski definition) is 2. The van der Waals surface area contributed by atoms with Crippen molar-refractivity contribution in [3.05, 3.63) is 22.4 Å². The normalized spacial score (nSPS) is 24.3. The molecule has 0 bridgehead atoms. The summed E-state index contributed by atoms with van der Waals surface area (Å²) in [5.41, 5.74) is 0. The Labute approximate surface area is 136 Å². The molecule has 0 radical (unpaired) electrons. The van der Waals surface area contributed by atoms with Crippen molar-refractivity contribution in [1.82, 2.24) is 15.5 Å². The molecule has 5 nitrogen and oxygen atoms in total. The number of carbonyl (C=O) groups is 1. The number of likely N-dealkylation sites (tertiary alicyclic amines) is 1. The Morgan fingerprint density at radius 2 is 2.32 bits per heavy atom. The van der Waals surface area contributed by atoms with E-state index in [2.05, 4.69) is 33.0 Å². The summed E-state index contributed by atoms with van der Waals surface area (Å²) in [5.74, 6) is 0.689. The van der Waals surface area contributed by atoms with Gasteiger partial charge in [-0.25, -0.2) is 0 Å². The highest BCUT2D eigenvalue weighted by Crippen LogP contribution is 2.20. The lowest BCUT2D eigenvalue weighted by Gasteiger charge is -2.32. The van der Waals surface area contributed by atoms with Crippen LogP contribution in [0, 0.1) is 5.92 Å². The molecule has 2 saturated heterocycles. The summed E-state index contributed by atoms with van der Waals surface area (Å²) < 4.78 is 5.33. The van der Waals surface area contributed by atoms with Gasteiger partial charge in [-0.3, -0.25) is 9.69 Å². The summed E-state index contributed by atoms with van der Waals surface area (Å²) in [4.78, 5) is 16.0. The number of nitrogens with zero attached hydrogens (tertiary/aromatic N) is 1. The molecule has 1 aromatic rings. The van der Waals surface area contributed by atoms with E-state index in [9.17, 15) is 4.79 Å². The highest BCUT2D eigenvalue weighted by Gasteiger charge is 2.23. The van der Waals surface area contributed by atoms with Crippen molar-refractivity contribution in [3.63, 3.8) is 0 Å². The number of morpholine rings is 1. The van der Waals surface area contributed by atoms with Crippen LogP contribution in [0.2, 0.25) is 0 Å². The summed E-state index contributed by atoms with van der Waals surface area (Å²) in [6.07, 6.45) is 2.33. The van der Waals surface area contributed by atoms with Crippen molar-refractivity contribution >= 4 is 17.2 Å². The third kappa shape index (κ3) is 4.52. The van der Waals surface area contributed by atoms with Crippen molar-refractivity contribution in [1.29, 1.82) is 0 Å². The van der Waals surface area contributed by atoms with E-state index in [4.69, 9.17) is 4.74 Å². The lowest BCUT2D eigenvalue weighted by atomic mass is 9.96. The van der Waals surface area contributed by atoms with Gasteiger partial charge >= 0.3 is 0 Å². The maximum atomic E-state index is 12.1. The Morgan fingerprint density at radius 1 is 1.45 bits per heavy atom. The molecule has 1 aromatic heterocycles. The number of piperidine rings is 1. The molecule has 0 saturated carbocycles. The Balaban J connectivity index is 1.34. The van der Waals surface area contributed by atoms with E-state index in [-0.39, 0.29) is 11.9 Å². The van der Waals surface area contributed by atoms with Gasteiger partial charge in [-0.05, 0) is 43.3 Å². The summed E-state index contributed by atoms with van der Waals surface area (Å²) in [6, 6.07) is 4.15. The Hall–Kier alpha value is -0.950. The minimum atomic E-state index is -0.173. The lowest BCUT2D eigenvalue weighted by Crippen LogP contribution is -2.52. The predicted octanol–water partition coefficient (Wildman–Crippen LogP) is 1.06. The zero-order valence-corrected chi connectivity index (χ0v) is 13.7. The monoisotopic (exact) mass is 323 g/mol. The summed E-state index contributed by atoms with van der Waals surface area (Å²) >= 11 is 1.83. The molecular weight excluding hydrogens is 298 g/mol. The van der Waals surface area contributed by atoms with Gasteiger partial charge in [0, 0.05) is 24.5 Å². The van der Waals surface area contributed by atoms with Gasteiger partial charge in [-0.2, -0.15) is 0 Å². The van der Waals surface area contributed by atoms with Crippen molar-refractivity contribution in [3.8, 4) is 0 Å². The van der Waals surface area contributed by atoms with Gasteiger partial charge in [0.05, 0.1) is 13.2 Å². The van der Waals surface area contributed by atoms with E-state index in [1.54, 1.807) is 0 Å². The van der Waals surface area contributed by atoms with Gasteiger partial charge in [-0.15, -0.1) is 11.3 Å². The molecule has 3 heterocycles. The molecule has 3 rings (SSSR count). The summed E-state index contributed by atoms with van der Waals surface area (Å²) in [7, 11) is 0. The third-order valence-electron chi connectivity index (χ3n) is 4.47. The molecule has 0 spiro atoms. The second-order valence-corrected chi connectivity index (χ2v) is 7.16. The van der Waals surface area contributed by atoms with Crippen LogP contribution in [0.5, 0.6) is 0 Å². The summed E-state index contributed by atoms with van der Waals surface area (Å²) in [6.45, 7) is 6.08. The zero-order chi connectivity index (χ0) is 15.2. The smallest absolute Gasteiger partial charge is 0.239 e. The molecule has 1 amide bonds. The fourth-order valence-electron chi connectivity index (χ4n) is 3.07.